The Morgan fingerprint density at radius 3 is 2.41 bits per heavy atom. The molecule has 0 aliphatic rings. The van der Waals surface area contributed by atoms with Crippen molar-refractivity contribution in [3.8, 4) is 0 Å². The van der Waals surface area contributed by atoms with Gasteiger partial charge in [0, 0.05) is 16.2 Å². The minimum Gasteiger partial charge on any atom is -0.379 e. The summed E-state index contributed by atoms with van der Waals surface area (Å²) in [7, 11) is 0. The van der Waals surface area contributed by atoms with Gasteiger partial charge in [-0.1, -0.05) is 39.7 Å². The van der Waals surface area contributed by atoms with Gasteiger partial charge in [-0.2, -0.15) is 13.2 Å². The lowest BCUT2D eigenvalue weighted by atomic mass is 10.1. The van der Waals surface area contributed by atoms with E-state index in [1.54, 1.807) is 0 Å². The lowest BCUT2D eigenvalue weighted by molar-refractivity contribution is -0.137. The van der Waals surface area contributed by atoms with Crippen LogP contribution in [0.15, 0.2) is 40.9 Å². The van der Waals surface area contributed by atoms with E-state index in [0.717, 1.165) is 21.7 Å². The topological polar surface area (TPSA) is 12.0 Å². The Balaban J connectivity index is 2.25. The van der Waals surface area contributed by atoms with Crippen molar-refractivity contribution in [2.24, 2.45) is 0 Å². The second-order valence-electron chi connectivity index (χ2n) is 5.07. The molecule has 0 radical (unpaired) electrons. The molecule has 0 fully saturated rings. The van der Waals surface area contributed by atoms with Crippen LogP contribution in [0.2, 0.25) is 5.02 Å². The predicted molar refractivity (Wildman–Crippen MR) is 87.4 cm³/mol. The molecule has 1 nitrogen and oxygen atoms in total. The second-order valence-corrected chi connectivity index (χ2v) is 6.33. The number of halogens is 5. The molecule has 0 amide bonds. The summed E-state index contributed by atoms with van der Waals surface area (Å²) in [5.41, 5.74) is 1.61. The molecule has 2 aromatic rings. The molecule has 0 saturated carbocycles. The first kappa shape index (κ1) is 17.2. The van der Waals surface area contributed by atoms with E-state index in [2.05, 4.69) is 21.2 Å². The van der Waals surface area contributed by atoms with Gasteiger partial charge in [0.25, 0.3) is 0 Å². The van der Waals surface area contributed by atoms with E-state index >= 15 is 0 Å². The van der Waals surface area contributed by atoms with Crippen LogP contribution in [0.4, 0.5) is 18.9 Å². The van der Waals surface area contributed by atoms with Crippen molar-refractivity contribution in [3.63, 3.8) is 0 Å². The third-order valence-corrected chi connectivity index (χ3v) is 4.53. The third kappa shape index (κ3) is 3.96. The zero-order chi connectivity index (χ0) is 16.5. The Kier molecular flexibility index (Phi) is 5.07. The zero-order valence-electron chi connectivity index (χ0n) is 11.9. The van der Waals surface area contributed by atoms with E-state index in [4.69, 9.17) is 11.6 Å². The first-order valence-electron chi connectivity index (χ1n) is 6.58. The predicted octanol–water partition coefficient (Wildman–Crippen LogP) is 6.60. The Bertz CT molecular complexity index is 686. The molecule has 0 heterocycles. The largest absolute Gasteiger partial charge is 0.417 e. The average Bonchev–Trinajstić information content (AvgIpc) is 2.42. The van der Waals surface area contributed by atoms with Crippen molar-refractivity contribution in [1.82, 2.24) is 0 Å². The monoisotopic (exact) mass is 391 g/mol. The summed E-state index contributed by atoms with van der Waals surface area (Å²) in [5, 5.41) is 2.76. The second kappa shape index (κ2) is 6.50. The highest BCUT2D eigenvalue weighted by Gasteiger charge is 2.33. The van der Waals surface area contributed by atoms with Gasteiger partial charge in [0.15, 0.2) is 0 Å². The van der Waals surface area contributed by atoms with E-state index in [1.807, 2.05) is 32.0 Å². The summed E-state index contributed by atoms with van der Waals surface area (Å²) in [6, 6.07) is 9.54. The van der Waals surface area contributed by atoms with Crippen LogP contribution >= 0.6 is 27.5 Å². The van der Waals surface area contributed by atoms with Crippen LogP contribution in [0.3, 0.4) is 0 Å². The summed E-state index contributed by atoms with van der Waals surface area (Å²) >= 11 is 9.07. The van der Waals surface area contributed by atoms with Crippen molar-refractivity contribution in [2.45, 2.75) is 26.1 Å². The van der Waals surface area contributed by atoms with Gasteiger partial charge in [0.1, 0.15) is 0 Å². The van der Waals surface area contributed by atoms with Crippen LogP contribution in [0.5, 0.6) is 0 Å². The number of aryl methyl sites for hydroxylation is 1. The van der Waals surface area contributed by atoms with Gasteiger partial charge in [-0.25, -0.2) is 0 Å². The standard InChI is InChI=1S/C16H14BrClF3N/c1-9-3-4-11(7-14(9)17)10(2)22-12-5-6-15(18)13(8-12)16(19,20)21/h3-8,10,22H,1-2H3. The highest BCUT2D eigenvalue weighted by atomic mass is 79.9. The number of nitrogens with one attached hydrogen (secondary N) is 1. The highest BCUT2D eigenvalue weighted by molar-refractivity contribution is 9.10. The van der Waals surface area contributed by atoms with Gasteiger partial charge in [-0.3, -0.25) is 0 Å². The van der Waals surface area contributed by atoms with Crippen LogP contribution in [-0.2, 0) is 6.18 Å². The van der Waals surface area contributed by atoms with Crippen molar-refractivity contribution in [3.05, 3.63) is 62.6 Å². The van der Waals surface area contributed by atoms with E-state index < -0.39 is 11.7 Å². The molecule has 22 heavy (non-hydrogen) atoms. The molecule has 2 rings (SSSR count). The first-order chi connectivity index (χ1) is 10.2. The summed E-state index contributed by atoms with van der Waals surface area (Å²) < 4.78 is 39.6. The molecule has 1 unspecified atom stereocenters. The van der Waals surface area contributed by atoms with Gasteiger partial charge in [0.2, 0.25) is 0 Å². The van der Waals surface area contributed by atoms with Crippen LogP contribution in [0.1, 0.15) is 29.7 Å². The fourth-order valence-corrected chi connectivity index (χ4v) is 2.67. The van der Waals surface area contributed by atoms with E-state index in [0.29, 0.717) is 5.69 Å². The molecular weight excluding hydrogens is 379 g/mol. The molecular formula is C16H14BrClF3N. The number of rotatable bonds is 3. The minimum atomic E-state index is -4.47. The van der Waals surface area contributed by atoms with Crippen LogP contribution in [0.25, 0.3) is 0 Å². The maximum atomic E-state index is 12.9. The van der Waals surface area contributed by atoms with Crippen LogP contribution < -0.4 is 5.32 Å². The van der Waals surface area contributed by atoms with Crippen molar-refractivity contribution in [2.75, 3.05) is 5.32 Å². The Labute approximate surface area is 140 Å². The molecule has 1 N–H and O–H groups in total. The van der Waals surface area contributed by atoms with Gasteiger partial charge in [-0.15, -0.1) is 0 Å². The minimum absolute atomic E-state index is 0.140. The molecule has 2 aromatic carbocycles. The Morgan fingerprint density at radius 2 is 1.82 bits per heavy atom. The highest BCUT2D eigenvalue weighted by Crippen LogP contribution is 2.36. The fourth-order valence-electron chi connectivity index (χ4n) is 2.04. The van der Waals surface area contributed by atoms with Gasteiger partial charge in [-0.05, 0) is 49.2 Å². The van der Waals surface area contributed by atoms with Gasteiger partial charge >= 0.3 is 6.18 Å². The Hall–Kier alpha value is -1.20. The van der Waals surface area contributed by atoms with E-state index in [1.165, 1.54) is 12.1 Å². The fraction of sp³-hybridized carbons (Fsp3) is 0.250. The molecule has 0 bridgehead atoms. The molecule has 0 aliphatic carbocycles. The molecule has 0 aromatic heterocycles. The molecule has 0 aliphatic heterocycles. The lowest BCUT2D eigenvalue weighted by Crippen LogP contribution is -2.10. The maximum absolute atomic E-state index is 12.9. The van der Waals surface area contributed by atoms with Crippen molar-refractivity contribution < 1.29 is 13.2 Å². The van der Waals surface area contributed by atoms with E-state index in [-0.39, 0.29) is 11.1 Å². The maximum Gasteiger partial charge on any atom is 0.417 e. The molecule has 0 saturated heterocycles. The van der Waals surface area contributed by atoms with Crippen molar-refractivity contribution >= 4 is 33.2 Å². The zero-order valence-corrected chi connectivity index (χ0v) is 14.3. The third-order valence-electron chi connectivity index (χ3n) is 3.35. The number of hydrogen-bond acceptors (Lipinski definition) is 1. The number of benzene rings is 2. The summed E-state index contributed by atoms with van der Waals surface area (Å²) in [4.78, 5) is 0. The summed E-state index contributed by atoms with van der Waals surface area (Å²) in [6.45, 7) is 3.86. The summed E-state index contributed by atoms with van der Waals surface area (Å²) in [6.07, 6.45) is -4.47. The quantitative estimate of drug-likeness (QED) is 0.620. The molecule has 118 valence electrons. The van der Waals surface area contributed by atoms with Crippen LogP contribution in [0, 0.1) is 6.92 Å². The number of anilines is 1. The normalized spacial score (nSPS) is 13.0. The molecule has 0 spiro atoms. The van der Waals surface area contributed by atoms with Crippen LogP contribution in [-0.4, -0.2) is 0 Å². The van der Waals surface area contributed by atoms with Crippen molar-refractivity contribution in [1.29, 1.82) is 0 Å². The first-order valence-corrected chi connectivity index (χ1v) is 7.75. The SMILES string of the molecule is Cc1ccc(C(C)Nc2ccc(Cl)c(C(F)(F)F)c2)cc1Br. The number of hydrogen-bond donors (Lipinski definition) is 1. The smallest absolute Gasteiger partial charge is 0.379 e. The summed E-state index contributed by atoms with van der Waals surface area (Å²) in [5.74, 6) is 0. The van der Waals surface area contributed by atoms with Gasteiger partial charge in [0.05, 0.1) is 10.6 Å². The van der Waals surface area contributed by atoms with Gasteiger partial charge < -0.3 is 5.32 Å². The lowest BCUT2D eigenvalue weighted by Gasteiger charge is -2.18. The Morgan fingerprint density at radius 1 is 1.14 bits per heavy atom. The molecule has 1 atom stereocenters. The molecule has 6 heteroatoms. The average molecular weight is 393 g/mol. The number of alkyl halides is 3. The van der Waals surface area contributed by atoms with E-state index in [9.17, 15) is 13.2 Å².